The lowest BCUT2D eigenvalue weighted by Gasteiger charge is -2.34. The van der Waals surface area contributed by atoms with Crippen LogP contribution in [0, 0.1) is 0 Å². The predicted molar refractivity (Wildman–Crippen MR) is 147 cm³/mol. The van der Waals surface area contributed by atoms with Gasteiger partial charge in [0.25, 0.3) is 0 Å². The van der Waals surface area contributed by atoms with Crippen molar-refractivity contribution in [1.29, 1.82) is 0 Å². The maximum atomic E-state index is 14.8. The molecule has 0 spiro atoms. The number of nitrogens with zero attached hydrogens (tertiary/aromatic N) is 1. The van der Waals surface area contributed by atoms with Crippen molar-refractivity contribution in [2.75, 3.05) is 26.2 Å². The Morgan fingerprint density at radius 3 is 1.89 bits per heavy atom. The number of imide groups is 1. The number of carbonyl (C=O) groups excluding carboxylic acids is 2. The van der Waals surface area contributed by atoms with Crippen LogP contribution < -0.4 is 21.2 Å². The molecule has 5 rings (SSSR count). The van der Waals surface area contributed by atoms with Gasteiger partial charge in [0.05, 0.1) is 0 Å². The zero-order valence-electron chi connectivity index (χ0n) is 20.5. The average molecular weight is 501 g/mol. The molecular formula is C30H33N2O3P+2. The van der Waals surface area contributed by atoms with Crippen LogP contribution in [0.5, 0.6) is 0 Å². The molecule has 1 N–H and O–H groups in total. The molecule has 3 aromatic carbocycles. The van der Waals surface area contributed by atoms with E-state index in [4.69, 9.17) is 4.74 Å². The van der Waals surface area contributed by atoms with Gasteiger partial charge in [0.2, 0.25) is 5.66 Å². The summed E-state index contributed by atoms with van der Waals surface area (Å²) in [7, 11) is -2.46. The Morgan fingerprint density at radius 1 is 0.917 bits per heavy atom. The van der Waals surface area contributed by atoms with E-state index in [0.717, 1.165) is 28.9 Å². The Labute approximate surface area is 213 Å². The van der Waals surface area contributed by atoms with Gasteiger partial charge in [-0.15, -0.1) is 0 Å². The van der Waals surface area contributed by atoms with Gasteiger partial charge >= 0.3 is 12.0 Å². The van der Waals surface area contributed by atoms with Crippen LogP contribution in [0.2, 0.25) is 0 Å². The van der Waals surface area contributed by atoms with E-state index >= 15 is 0 Å². The van der Waals surface area contributed by atoms with Gasteiger partial charge in [-0.2, -0.15) is 9.28 Å². The van der Waals surface area contributed by atoms with Crippen molar-refractivity contribution in [1.82, 2.24) is 5.32 Å². The summed E-state index contributed by atoms with van der Waals surface area (Å²) in [6, 6.07) is 31.2. The molecule has 2 amide bonds. The van der Waals surface area contributed by atoms with Crippen molar-refractivity contribution >= 4 is 35.2 Å². The SMILES string of the molecule is C=CCOC(=O)[N@+]1(C2CCNC2)CC[C@@H]([P+](c2ccccc2)(c2ccccc2)c2ccccc2)C1=O. The smallest absolute Gasteiger partial charge is 0.415 e. The van der Waals surface area contributed by atoms with Gasteiger partial charge in [0.1, 0.15) is 42.4 Å². The number of benzene rings is 3. The summed E-state index contributed by atoms with van der Waals surface area (Å²) in [5.74, 6) is -0.0114. The summed E-state index contributed by atoms with van der Waals surface area (Å²) in [5, 5.41) is 6.84. The third-order valence-electron chi connectivity index (χ3n) is 7.70. The van der Waals surface area contributed by atoms with E-state index in [1.54, 1.807) is 6.08 Å². The molecule has 0 bridgehead atoms. The minimum atomic E-state index is -2.46. The molecule has 3 atom stereocenters. The van der Waals surface area contributed by atoms with Crippen LogP contribution in [-0.4, -0.2) is 54.4 Å². The number of rotatable bonds is 7. The number of quaternary nitrogens is 1. The first-order chi connectivity index (χ1) is 17.7. The lowest BCUT2D eigenvalue weighted by molar-refractivity contribution is -0.798. The molecule has 184 valence electrons. The van der Waals surface area contributed by atoms with Crippen LogP contribution in [0.25, 0.3) is 0 Å². The molecule has 2 fully saturated rings. The molecule has 5 nitrogen and oxygen atoms in total. The number of hydrogen-bond acceptors (Lipinski definition) is 4. The summed E-state index contributed by atoms with van der Waals surface area (Å²) in [4.78, 5) is 28.5. The summed E-state index contributed by atoms with van der Waals surface area (Å²) in [5.41, 5.74) is -0.332. The van der Waals surface area contributed by atoms with Crippen LogP contribution >= 0.6 is 7.26 Å². The molecule has 0 radical (unpaired) electrons. The Balaban J connectivity index is 1.73. The monoisotopic (exact) mass is 500 g/mol. The van der Waals surface area contributed by atoms with Gasteiger partial charge in [-0.3, -0.25) is 0 Å². The maximum absolute atomic E-state index is 14.8. The summed E-state index contributed by atoms with van der Waals surface area (Å²) in [6.45, 7) is 5.69. The Bertz CT molecular complexity index is 1120. The Hall–Kier alpha value is -3.11. The first kappa shape index (κ1) is 24.6. The molecule has 2 aliphatic heterocycles. The fraction of sp³-hybridized carbons (Fsp3) is 0.267. The van der Waals surface area contributed by atoms with Crippen LogP contribution in [-0.2, 0) is 9.53 Å². The van der Waals surface area contributed by atoms with Gasteiger partial charge in [0, 0.05) is 25.9 Å². The molecule has 1 unspecified atom stereocenters. The molecule has 2 aliphatic rings. The van der Waals surface area contributed by atoms with E-state index in [1.165, 1.54) is 0 Å². The lowest BCUT2D eigenvalue weighted by Crippen LogP contribution is -2.63. The third-order valence-corrected chi connectivity index (χ3v) is 12.5. The van der Waals surface area contributed by atoms with E-state index in [2.05, 4.69) is 84.7 Å². The van der Waals surface area contributed by atoms with Crippen LogP contribution in [0.1, 0.15) is 12.8 Å². The fourth-order valence-corrected chi connectivity index (χ4v) is 11.1. The lowest BCUT2D eigenvalue weighted by atomic mass is 10.2. The zero-order valence-corrected chi connectivity index (χ0v) is 21.4. The van der Waals surface area contributed by atoms with E-state index in [-0.39, 0.29) is 28.7 Å². The summed E-state index contributed by atoms with van der Waals surface area (Å²) >= 11 is 0. The Kier molecular flexibility index (Phi) is 7.15. The minimum Gasteiger partial charge on any atom is -0.415 e. The maximum Gasteiger partial charge on any atom is 0.524 e. The predicted octanol–water partition coefficient (Wildman–Crippen LogP) is 3.78. The molecule has 0 aliphatic carbocycles. The van der Waals surface area contributed by atoms with E-state index < -0.39 is 13.4 Å². The zero-order chi connectivity index (χ0) is 25.0. The largest absolute Gasteiger partial charge is 0.524 e. The average Bonchev–Trinajstić information content (AvgIpc) is 3.59. The first-order valence-corrected chi connectivity index (χ1v) is 14.5. The highest BCUT2D eigenvalue weighted by Crippen LogP contribution is 2.63. The molecule has 36 heavy (non-hydrogen) atoms. The quantitative estimate of drug-likeness (QED) is 0.305. The van der Waals surface area contributed by atoms with E-state index in [1.807, 2.05) is 18.2 Å². The van der Waals surface area contributed by atoms with Crippen LogP contribution in [0.15, 0.2) is 104 Å². The Morgan fingerprint density at radius 2 is 1.44 bits per heavy atom. The minimum absolute atomic E-state index is 0.0114. The topological polar surface area (TPSA) is 55.4 Å². The number of amides is 2. The van der Waals surface area contributed by atoms with E-state index in [0.29, 0.717) is 19.5 Å². The molecule has 6 heteroatoms. The molecule has 3 aromatic rings. The van der Waals surface area contributed by atoms with Gasteiger partial charge < -0.3 is 10.1 Å². The summed E-state index contributed by atoms with van der Waals surface area (Å²) in [6.07, 6.45) is 2.53. The summed E-state index contributed by atoms with van der Waals surface area (Å²) < 4.78 is 5.38. The first-order valence-electron chi connectivity index (χ1n) is 12.6. The molecule has 2 heterocycles. The fourth-order valence-electron chi connectivity index (χ4n) is 6.12. The van der Waals surface area contributed by atoms with Gasteiger partial charge in [-0.05, 0) is 36.4 Å². The standard InChI is InChI=1S/C30H33N2O3P/c1-2-22-35-30(34)32(24-18-20-31-23-24)21-19-28(29(32)33)36(25-12-6-3-7-13-25,26-14-8-4-9-15-26)27-16-10-5-11-17-27/h2-17,24,28,31H,1,18-23H2/q+2/t24?,28-,32+/m1/s1. The van der Waals surface area contributed by atoms with Crippen LogP contribution in [0.4, 0.5) is 4.79 Å². The van der Waals surface area contributed by atoms with E-state index in [9.17, 15) is 9.59 Å². The van der Waals surface area contributed by atoms with Crippen molar-refractivity contribution in [3.05, 3.63) is 104 Å². The van der Waals surface area contributed by atoms with Gasteiger partial charge in [0.15, 0.2) is 0 Å². The van der Waals surface area contributed by atoms with Gasteiger partial charge in [-0.1, -0.05) is 67.3 Å². The van der Waals surface area contributed by atoms with Crippen molar-refractivity contribution < 1.29 is 18.8 Å². The molecule has 2 saturated heterocycles. The highest BCUT2D eigenvalue weighted by molar-refractivity contribution is 7.96. The van der Waals surface area contributed by atoms with Crippen molar-refractivity contribution in [2.45, 2.75) is 24.5 Å². The number of hydrogen-bond donors (Lipinski definition) is 1. The molecule has 0 aromatic heterocycles. The van der Waals surface area contributed by atoms with Crippen LogP contribution in [0.3, 0.4) is 0 Å². The molecular weight excluding hydrogens is 467 g/mol. The number of likely N-dealkylation sites (tertiary alicyclic amines) is 1. The third kappa shape index (κ3) is 3.92. The molecule has 0 saturated carbocycles. The number of nitrogens with one attached hydrogen (secondary N) is 1. The highest BCUT2D eigenvalue weighted by atomic mass is 31.2. The van der Waals surface area contributed by atoms with Crippen molar-refractivity contribution in [3.8, 4) is 0 Å². The second kappa shape index (κ2) is 10.5. The van der Waals surface area contributed by atoms with Gasteiger partial charge in [-0.25, -0.2) is 4.79 Å². The van der Waals surface area contributed by atoms with Crippen molar-refractivity contribution in [3.63, 3.8) is 0 Å². The number of carbonyl (C=O) groups is 2. The van der Waals surface area contributed by atoms with Crippen molar-refractivity contribution in [2.24, 2.45) is 0 Å². The second-order valence-corrected chi connectivity index (χ2v) is 13.1. The highest BCUT2D eigenvalue weighted by Gasteiger charge is 2.69. The number of ether oxygens (including phenoxy) is 1. The second-order valence-electron chi connectivity index (χ2n) is 9.48. The normalized spacial score (nSPS) is 23.9.